The quantitative estimate of drug-likeness (QED) is 0.410. The van der Waals surface area contributed by atoms with Gasteiger partial charge in [0, 0.05) is 24.1 Å². The fourth-order valence-corrected chi connectivity index (χ4v) is 2.76. The minimum Gasteiger partial charge on any atom is -1.00 e. The molecule has 0 unspecified atom stereocenters. The maximum atomic E-state index is 12.7. The summed E-state index contributed by atoms with van der Waals surface area (Å²) in [6.07, 6.45) is 0.207. The number of fused-ring (bicyclic) bond motifs is 1. The van der Waals surface area contributed by atoms with Gasteiger partial charge in [-0.25, -0.2) is 4.57 Å². The van der Waals surface area contributed by atoms with Crippen molar-refractivity contribution in [3.8, 4) is 10.6 Å². The van der Waals surface area contributed by atoms with E-state index in [9.17, 15) is 13.2 Å². The molecule has 0 atom stereocenters. The zero-order chi connectivity index (χ0) is 15.0. The highest BCUT2D eigenvalue weighted by molar-refractivity contribution is 7.19. The standard InChI is InChI=1S/C12H11F3N5S.HI/c1-2-5-19-6-3-8(4-7-19)9-18-20-10(12(13,14)15)16-17-11(20)21-9;/h3-4,6-7H,2,5H2,1H3;1H/q+1;/p-1. The van der Waals surface area contributed by atoms with Crippen molar-refractivity contribution < 1.29 is 41.7 Å². The largest absolute Gasteiger partial charge is 1.00 e. The molecule has 0 aromatic carbocycles. The van der Waals surface area contributed by atoms with Crippen LogP contribution in [0.25, 0.3) is 15.5 Å². The highest BCUT2D eigenvalue weighted by Gasteiger charge is 2.38. The summed E-state index contributed by atoms with van der Waals surface area (Å²) in [4.78, 5) is 0.127. The summed E-state index contributed by atoms with van der Waals surface area (Å²) < 4.78 is 41.0. The lowest BCUT2D eigenvalue weighted by atomic mass is 10.3. The second-order valence-corrected chi connectivity index (χ2v) is 5.40. The van der Waals surface area contributed by atoms with E-state index in [4.69, 9.17) is 0 Å². The number of aromatic nitrogens is 5. The van der Waals surface area contributed by atoms with Crippen molar-refractivity contribution in [2.45, 2.75) is 26.1 Å². The molecule has 0 bridgehead atoms. The van der Waals surface area contributed by atoms with Crippen LogP contribution in [0.4, 0.5) is 13.2 Å². The van der Waals surface area contributed by atoms with Gasteiger partial charge in [-0.1, -0.05) is 18.3 Å². The second kappa shape index (κ2) is 6.44. The van der Waals surface area contributed by atoms with E-state index in [1.807, 2.05) is 29.1 Å². The van der Waals surface area contributed by atoms with Crippen molar-refractivity contribution in [1.82, 2.24) is 19.8 Å². The second-order valence-electron chi connectivity index (χ2n) is 4.45. The zero-order valence-corrected chi connectivity index (χ0v) is 14.4. The summed E-state index contributed by atoms with van der Waals surface area (Å²) in [5.41, 5.74) is 0.756. The number of halogens is 4. The van der Waals surface area contributed by atoms with Crippen molar-refractivity contribution in [1.29, 1.82) is 0 Å². The lowest BCUT2D eigenvalue weighted by Crippen LogP contribution is -3.00. The molecular formula is C12H11F3IN5S. The Morgan fingerprint density at radius 2 is 1.91 bits per heavy atom. The Bertz CT molecular complexity index is 765. The molecule has 0 spiro atoms. The summed E-state index contributed by atoms with van der Waals surface area (Å²) >= 11 is 1.08. The molecule has 0 N–H and O–H groups in total. The number of aryl methyl sites for hydroxylation is 1. The van der Waals surface area contributed by atoms with E-state index in [0.29, 0.717) is 5.01 Å². The van der Waals surface area contributed by atoms with Crippen LogP contribution in [0.2, 0.25) is 0 Å². The summed E-state index contributed by atoms with van der Waals surface area (Å²) in [6.45, 7) is 2.96. The number of nitrogens with zero attached hydrogens (tertiary/aromatic N) is 5. The topological polar surface area (TPSA) is 47.0 Å². The van der Waals surface area contributed by atoms with Crippen LogP contribution in [-0.2, 0) is 12.7 Å². The number of hydrogen-bond acceptors (Lipinski definition) is 4. The molecular weight excluding hydrogens is 430 g/mol. The molecule has 118 valence electrons. The van der Waals surface area contributed by atoms with Crippen LogP contribution < -0.4 is 28.5 Å². The highest BCUT2D eigenvalue weighted by Crippen LogP contribution is 2.31. The minimum atomic E-state index is -4.56. The lowest BCUT2D eigenvalue weighted by molar-refractivity contribution is -0.696. The normalized spacial score (nSPS) is 11.6. The molecule has 0 aliphatic carbocycles. The monoisotopic (exact) mass is 441 g/mol. The zero-order valence-electron chi connectivity index (χ0n) is 11.4. The van der Waals surface area contributed by atoms with Crippen molar-refractivity contribution >= 4 is 16.3 Å². The lowest BCUT2D eigenvalue weighted by Gasteiger charge is -2.00. The Kier molecular flexibility index (Phi) is 5.00. The van der Waals surface area contributed by atoms with Crippen LogP contribution in [0.1, 0.15) is 19.2 Å². The van der Waals surface area contributed by atoms with Gasteiger partial charge in [-0.3, -0.25) is 0 Å². The van der Waals surface area contributed by atoms with Gasteiger partial charge >= 0.3 is 6.18 Å². The van der Waals surface area contributed by atoms with E-state index in [1.54, 1.807) is 0 Å². The van der Waals surface area contributed by atoms with Crippen LogP contribution in [0.15, 0.2) is 24.5 Å². The van der Waals surface area contributed by atoms with E-state index >= 15 is 0 Å². The van der Waals surface area contributed by atoms with Gasteiger partial charge in [-0.15, -0.1) is 10.2 Å². The van der Waals surface area contributed by atoms with Crippen molar-refractivity contribution in [3.63, 3.8) is 0 Å². The molecule has 3 aromatic rings. The molecule has 0 amide bonds. The number of pyridine rings is 1. The van der Waals surface area contributed by atoms with Crippen molar-refractivity contribution in [3.05, 3.63) is 30.4 Å². The third-order valence-electron chi connectivity index (χ3n) is 2.86. The van der Waals surface area contributed by atoms with Crippen LogP contribution >= 0.6 is 11.3 Å². The molecule has 0 fully saturated rings. The Balaban J connectivity index is 0.00000176. The Morgan fingerprint density at radius 3 is 2.50 bits per heavy atom. The minimum absolute atomic E-state index is 0. The van der Waals surface area contributed by atoms with Gasteiger partial charge in [-0.2, -0.15) is 22.8 Å². The average Bonchev–Trinajstić information content (AvgIpc) is 2.98. The third kappa shape index (κ3) is 3.21. The van der Waals surface area contributed by atoms with Gasteiger partial charge in [0.05, 0.1) is 0 Å². The summed E-state index contributed by atoms with van der Waals surface area (Å²) in [7, 11) is 0. The van der Waals surface area contributed by atoms with E-state index in [0.717, 1.165) is 34.4 Å². The Morgan fingerprint density at radius 1 is 1.23 bits per heavy atom. The Hall–Kier alpha value is -1.30. The molecule has 3 aromatic heterocycles. The smallest absolute Gasteiger partial charge is 0.453 e. The fraction of sp³-hybridized carbons (Fsp3) is 0.333. The number of hydrogen-bond donors (Lipinski definition) is 0. The summed E-state index contributed by atoms with van der Waals surface area (Å²) in [5, 5.41) is 11.1. The van der Waals surface area contributed by atoms with Crippen LogP contribution in [0.3, 0.4) is 0 Å². The van der Waals surface area contributed by atoms with Gasteiger partial charge in [0.15, 0.2) is 12.4 Å². The molecule has 0 radical (unpaired) electrons. The van der Waals surface area contributed by atoms with Crippen molar-refractivity contribution in [2.75, 3.05) is 0 Å². The average molecular weight is 441 g/mol. The van der Waals surface area contributed by atoms with Crippen LogP contribution in [-0.4, -0.2) is 19.8 Å². The molecule has 0 aliphatic rings. The predicted octanol–water partition coefficient (Wildman–Crippen LogP) is -0.427. The van der Waals surface area contributed by atoms with Gasteiger partial charge in [-0.05, 0) is 0 Å². The van der Waals surface area contributed by atoms with E-state index in [-0.39, 0.29) is 28.9 Å². The molecule has 0 saturated carbocycles. The third-order valence-corrected chi connectivity index (χ3v) is 3.81. The first kappa shape index (κ1) is 17.1. The summed E-state index contributed by atoms with van der Waals surface area (Å²) in [6, 6.07) is 3.66. The molecule has 10 heteroatoms. The first-order valence-electron chi connectivity index (χ1n) is 6.28. The SMILES string of the molecule is CCC[n+]1ccc(-c2nn3c(C(F)(F)F)nnc3s2)cc1.[I-]. The fourth-order valence-electron chi connectivity index (χ4n) is 1.92. The first-order valence-corrected chi connectivity index (χ1v) is 7.09. The van der Waals surface area contributed by atoms with E-state index < -0.39 is 12.0 Å². The molecule has 0 saturated heterocycles. The van der Waals surface area contributed by atoms with E-state index in [2.05, 4.69) is 22.2 Å². The van der Waals surface area contributed by atoms with Crippen LogP contribution in [0, 0.1) is 0 Å². The molecule has 0 aliphatic heterocycles. The maximum absolute atomic E-state index is 12.7. The molecule has 5 nitrogen and oxygen atoms in total. The van der Waals surface area contributed by atoms with Gasteiger partial charge in [0.25, 0.3) is 5.82 Å². The number of alkyl halides is 3. The predicted molar refractivity (Wildman–Crippen MR) is 69.6 cm³/mol. The number of rotatable bonds is 3. The molecule has 3 heterocycles. The van der Waals surface area contributed by atoms with E-state index in [1.165, 1.54) is 0 Å². The maximum Gasteiger partial charge on any atom is 0.453 e. The first-order chi connectivity index (χ1) is 9.99. The summed E-state index contributed by atoms with van der Waals surface area (Å²) in [5.74, 6) is -1.10. The highest BCUT2D eigenvalue weighted by atomic mass is 127. The Labute approximate surface area is 144 Å². The van der Waals surface area contributed by atoms with Gasteiger partial charge in [0.1, 0.15) is 11.6 Å². The van der Waals surface area contributed by atoms with Gasteiger partial charge < -0.3 is 24.0 Å². The van der Waals surface area contributed by atoms with Crippen molar-refractivity contribution in [2.24, 2.45) is 0 Å². The molecule has 3 rings (SSSR count). The van der Waals surface area contributed by atoms with Crippen LogP contribution in [0.5, 0.6) is 0 Å². The van der Waals surface area contributed by atoms with Gasteiger partial charge in [0.2, 0.25) is 4.96 Å². The molecule has 22 heavy (non-hydrogen) atoms.